The summed E-state index contributed by atoms with van der Waals surface area (Å²) in [7, 11) is 5.90. The Bertz CT molecular complexity index is 1340. The van der Waals surface area contributed by atoms with E-state index in [2.05, 4.69) is 98.9 Å². The third-order valence-corrected chi connectivity index (χ3v) is 10.7. The van der Waals surface area contributed by atoms with Crippen molar-refractivity contribution in [1.29, 1.82) is 0 Å². The fourth-order valence-corrected chi connectivity index (χ4v) is 6.69. The van der Waals surface area contributed by atoms with E-state index in [0.29, 0.717) is 17.4 Å². The number of allylic oxidation sites excluding steroid dienone is 14. The maximum atomic E-state index is 12.8. The lowest BCUT2D eigenvalue weighted by atomic mass is 10.0. The van der Waals surface area contributed by atoms with Gasteiger partial charge in [-0.25, -0.2) is 0 Å². The molecule has 0 saturated heterocycles. The highest BCUT2D eigenvalue weighted by Gasteiger charge is 2.21. The van der Waals surface area contributed by atoms with E-state index >= 15 is 0 Å². The molecule has 65 heavy (non-hydrogen) atoms. The van der Waals surface area contributed by atoms with Gasteiger partial charge in [0.05, 0.1) is 40.3 Å². The van der Waals surface area contributed by atoms with Crippen LogP contribution in [0.3, 0.4) is 0 Å². The second kappa shape index (κ2) is 47.0. The number of esters is 2. The number of carbonyl (C=O) groups is 3. The van der Waals surface area contributed by atoms with Crippen molar-refractivity contribution in [2.75, 3.05) is 47.5 Å². The lowest BCUT2D eigenvalue weighted by molar-refractivity contribution is -0.870. The van der Waals surface area contributed by atoms with Gasteiger partial charge in [-0.2, -0.15) is 0 Å². The number of carboxylic acid groups (broad SMARTS) is 1. The molecule has 0 saturated carbocycles. The molecular weight excluding hydrogens is 815 g/mol. The Kier molecular flexibility index (Phi) is 44.4. The number of unbranched alkanes of at least 4 members (excludes halogenated alkanes) is 17. The topological polar surface area (TPSA) is 111 Å². The van der Waals surface area contributed by atoms with Crippen LogP contribution in [-0.2, 0) is 33.3 Å². The Morgan fingerprint density at radius 3 is 1.31 bits per heavy atom. The van der Waals surface area contributed by atoms with Crippen LogP contribution in [0.1, 0.15) is 194 Å². The minimum absolute atomic E-state index is 0.140. The van der Waals surface area contributed by atoms with Crippen LogP contribution in [0, 0.1) is 0 Å². The lowest BCUT2D eigenvalue weighted by Gasteiger charge is -2.26. The van der Waals surface area contributed by atoms with Crippen molar-refractivity contribution in [2.24, 2.45) is 0 Å². The number of nitrogens with zero attached hydrogens (tertiary/aromatic N) is 1. The van der Waals surface area contributed by atoms with Gasteiger partial charge in [-0.05, 0) is 70.6 Å². The van der Waals surface area contributed by atoms with Crippen LogP contribution >= 0.6 is 0 Å². The molecule has 0 heterocycles. The molecule has 0 radical (unpaired) electrons. The normalized spacial score (nSPS) is 13.6. The number of aliphatic carboxylic acids is 1. The van der Waals surface area contributed by atoms with Gasteiger partial charge in [0, 0.05) is 12.8 Å². The van der Waals surface area contributed by atoms with Gasteiger partial charge in [0.2, 0.25) is 0 Å². The van der Waals surface area contributed by atoms with E-state index in [1.165, 1.54) is 64.2 Å². The average molecular weight is 910 g/mol. The van der Waals surface area contributed by atoms with Crippen molar-refractivity contribution in [3.05, 3.63) is 85.1 Å². The molecule has 0 aromatic carbocycles. The highest BCUT2D eigenvalue weighted by molar-refractivity contribution is 5.70. The van der Waals surface area contributed by atoms with Crippen LogP contribution in [0.4, 0.5) is 0 Å². The first-order valence-corrected chi connectivity index (χ1v) is 25.7. The monoisotopic (exact) mass is 910 g/mol. The number of ether oxygens (including phenoxy) is 4. The summed E-state index contributed by atoms with van der Waals surface area (Å²) >= 11 is 0. The number of carbonyl (C=O) groups excluding carboxylic acids is 3. The molecule has 0 amide bonds. The highest BCUT2D eigenvalue weighted by Crippen LogP contribution is 2.14. The molecule has 0 bridgehead atoms. The number of hydrogen-bond donors (Lipinski definition) is 0. The number of hydrogen-bond acceptors (Lipinski definition) is 8. The summed E-state index contributed by atoms with van der Waals surface area (Å²) in [5.41, 5.74) is 0. The van der Waals surface area contributed by atoms with Crippen LogP contribution in [0.5, 0.6) is 0 Å². The van der Waals surface area contributed by atoms with Gasteiger partial charge in [-0.3, -0.25) is 9.59 Å². The molecule has 0 aliphatic rings. The van der Waals surface area contributed by atoms with Crippen LogP contribution in [-0.4, -0.2) is 82.3 Å². The van der Waals surface area contributed by atoms with Gasteiger partial charge < -0.3 is 33.3 Å². The summed E-state index contributed by atoms with van der Waals surface area (Å²) in [4.78, 5) is 37.1. The van der Waals surface area contributed by atoms with Crippen molar-refractivity contribution in [3.63, 3.8) is 0 Å². The molecule has 0 fully saturated rings. The second-order valence-electron chi connectivity index (χ2n) is 18.1. The van der Waals surface area contributed by atoms with Gasteiger partial charge in [0.15, 0.2) is 12.4 Å². The Labute approximate surface area is 398 Å². The SMILES string of the molecule is CC/C=C\C/C=C\C/C=C\C/C=C\C/C=C\C/C=C\C/C=C\CCCCCCCC(=O)OC(COC(=O)CCCCCCCCCCCCCCC)COC(OCC[N+](C)(C)C)C(=O)[O-]. The Morgan fingerprint density at radius 2 is 0.877 bits per heavy atom. The third kappa shape index (κ3) is 48.2. The van der Waals surface area contributed by atoms with Crippen LogP contribution in [0.2, 0.25) is 0 Å². The van der Waals surface area contributed by atoms with Crippen molar-refractivity contribution >= 4 is 17.9 Å². The molecule has 0 N–H and O–H groups in total. The zero-order valence-corrected chi connectivity index (χ0v) is 42.1. The molecular formula is C56H95NO8. The molecule has 0 aliphatic heterocycles. The van der Waals surface area contributed by atoms with Gasteiger partial charge >= 0.3 is 11.9 Å². The predicted molar refractivity (Wildman–Crippen MR) is 269 cm³/mol. The molecule has 372 valence electrons. The average Bonchev–Trinajstić information content (AvgIpc) is 3.27. The standard InChI is InChI=1S/C56H95NO8/c1-6-8-10-12-14-16-18-20-21-22-23-24-25-26-27-28-29-30-31-32-33-35-37-39-41-43-45-47-54(59)65-52(51-64-56(55(60)61)62-49-48-57(3,4)5)50-63-53(58)46-44-42-40-38-36-34-19-17-15-13-11-9-7-2/h8,10,14,16,20-21,23-24,26-27,29-30,32-33,52,56H,6-7,9,11-13,15,17-19,22,25,28,31,34-51H2,1-5H3/b10-8-,16-14-,21-20-,24-23-,27-26-,30-29-,33-32-. The van der Waals surface area contributed by atoms with Gasteiger partial charge in [0.1, 0.15) is 13.2 Å². The van der Waals surface area contributed by atoms with Crippen molar-refractivity contribution < 1.29 is 42.9 Å². The first-order valence-electron chi connectivity index (χ1n) is 25.7. The Hall–Kier alpha value is -3.53. The number of carboxylic acids is 1. The fraction of sp³-hybridized carbons (Fsp3) is 0.696. The summed E-state index contributed by atoms with van der Waals surface area (Å²) in [6.07, 6.45) is 57.6. The van der Waals surface area contributed by atoms with Gasteiger partial charge in [-0.1, -0.05) is 195 Å². The maximum Gasteiger partial charge on any atom is 0.306 e. The summed E-state index contributed by atoms with van der Waals surface area (Å²) in [6, 6.07) is 0. The largest absolute Gasteiger partial charge is 0.545 e. The van der Waals surface area contributed by atoms with E-state index < -0.39 is 24.3 Å². The third-order valence-electron chi connectivity index (χ3n) is 10.7. The van der Waals surface area contributed by atoms with Crippen molar-refractivity contribution in [1.82, 2.24) is 0 Å². The van der Waals surface area contributed by atoms with Crippen LogP contribution < -0.4 is 5.11 Å². The van der Waals surface area contributed by atoms with Crippen LogP contribution in [0.25, 0.3) is 0 Å². The molecule has 0 spiro atoms. The predicted octanol–water partition coefficient (Wildman–Crippen LogP) is 13.1. The van der Waals surface area contributed by atoms with Gasteiger partial charge in [-0.15, -0.1) is 0 Å². The smallest absolute Gasteiger partial charge is 0.306 e. The minimum Gasteiger partial charge on any atom is -0.545 e. The van der Waals surface area contributed by atoms with E-state index in [1.54, 1.807) is 0 Å². The first-order chi connectivity index (χ1) is 31.6. The summed E-state index contributed by atoms with van der Waals surface area (Å²) in [5, 5.41) is 11.7. The summed E-state index contributed by atoms with van der Waals surface area (Å²) in [6.45, 7) is 4.59. The molecule has 0 rings (SSSR count). The molecule has 2 unspecified atom stereocenters. The molecule has 9 nitrogen and oxygen atoms in total. The van der Waals surface area contributed by atoms with E-state index in [0.717, 1.165) is 96.3 Å². The summed E-state index contributed by atoms with van der Waals surface area (Å²) < 4.78 is 22.6. The molecule has 0 aromatic heterocycles. The van der Waals surface area contributed by atoms with E-state index in [4.69, 9.17) is 18.9 Å². The molecule has 0 aliphatic carbocycles. The molecule has 2 atom stereocenters. The number of rotatable bonds is 46. The summed E-state index contributed by atoms with van der Waals surface area (Å²) in [5.74, 6) is -2.32. The van der Waals surface area contributed by atoms with E-state index in [9.17, 15) is 19.5 Å². The van der Waals surface area contributed by atoms with Crippen LogP contribution in [0.15, 0.2) is 85.1 Å². The Morgan fingerprint density at radius 1 is 0.477 bits per heavy atom. The quantitative estimate of drug-likeness (QED) is 0.0195. The maximum absolute atomic E-state index is 12.8. The molecule has 9 heteroatoms. The van der Waals surface area contributed by atoms with E-state index in [-0.39, 0.29) is 38.6 Å². The fourth-order valence-electron chi connectivity index (χ4n) is 6.69. The van der Waals surface area contributed by atoms with Gasteiger partial charge in [0.25, 0.3) is 0 Å². The Balaban J connectivity index is 4.37. The highest BCUT2D eigenvalue weighted by atomic mass is 16.7. The zero-order chi connectivity index (χ0) is 47.7. The van der Waals surface area contributed by atoms with Crippen molar-refractivity contribution in [3.8, 4) is 0 Å². The second-order valence-corrected chi connectivity index (χ2v) is 18.1. The molecule has 0 aromatic rings. The number of likely N-dealkylation sites (N-methyl/N-ethyl adjacent to an activating group) is 1. The minimum atomic E-state index is -1.63. The zero-order valence-electron chi connectivity index (χ0n) is 42.1. The first kappa shape index (κ1) is 61.5. The number of quaternary nitrogens is 1. The van der Waals surface area contributed by atoms with E-state index in [1.807, 2.05) is 21.1 Å². The van der Waals surface area contributed by atoms with Crippen molar-refractivity contribution in [2.45, 2.75) is 206 Å². The lowest BCUT2D eigenvalue weighted by Crippen LogP contribution is -2.44.